The molecule has 0 unspecified atom stereocenters. The van der Waals surface area contributed by atoms with Gasteiger partial charge in [0.15, 0.2) is 5.82 Å². The molecule has 158 valence electrons. The van der Waals surface area contributed by atoms with Gasteiger partial charge in [-0.1, -0.05) is 43.2 Å². The van der Waals surface area contributed by atoms with Gasteiger partial charge in [-0.15, -0.1) is 10.2 Å². The Hall–Kier alpha value is -2.74. The summed E-state index contributed by atoms with van der Waals surface area (Å²) in [5.74, 6) is 2.21. The maximum atomic E-state index is 12.6. The average molecular weight is 426 g/mol. The lowest BCUT2D eigenvalue weighted by Crippen LogP contribution is -2.18. The van der Waals surface area contributed by atoms with Gasteiger partial charge in [-0.3, -0.25) is 9.47 Å². The van der Waals surface area contributed by atoms with E-state index in [-0.39, 0.29) is 11.7 Å². The van der Waals surface area contributed by atoms with Crippen molar-refractivity contribution >= 4 is 23.4 Å². The first kappa shape index (κ1) is 20.5. The first-order chi connectivity index (χ1) is 14.8. The predicted octanol–water partition coefficient (Wildman–Crippen LogP) is 4.57. The number of hydrogen-bond donors (Lipinski definition) is 1. The number of carbonyl (C=O) groups is 1. The monoisotopic (exact) mass is 425 g/mol. The third-order valence-corrected chi connectivity index (χ3v) is 6.14. The van der Waals surface area contributed by atoms with Crippen LogP contribution in [0.4, 0.5) is 5.69 Å². The molecule has 1 aliphatic carbocycles. The second kappa shape index (κ2) is 9.84. The number of ether oxygens (including phenoxy) is 1. The van der Waals surface area contributed by atoms with Crippen LogP contribution in [0.3, 0.4) is 0 Å². The molecule has 0 bridgehead atoms. The van der Waals surface area contributed by atoms with E-state index in [2.05, 4.69) is 15.5 Å². The Kier molecular flexibility index (Phi) is 6.74. The lowest BCUT2D eigenvalue weighted by atomic mass is 9.89. The zero-order valence-electron chi connectivity index (χ0n) is 17.2. The summed E-state index contributed by atoms with van der Waals surface area (Å²) in [4.78, 5) is 12.6. The van der Waals surface area contributed by atoms with Gasteiger partial charge < -0.3 is 10.1 Å². The van der Waals surface area contributed by atoms with Crippen LogP contribution < -0.4 is 10.1 Å². The van der Waals surface area contributed by atoms with Crippen molar-refractivity contribution < 1.29 is 9.53 Å². The summed E-state index contributed by atoms with van der Waals surface area (Å²) in [7, 11) is 0. The molecule has 1 aliphatic rings. The molecular weight excluding hydrogens is 398 g/mol. The fourth-order valence-electron chi connectivity index (χ4n) is 3.83. The Morgan fingerprint density at radius 3 is 2.67 bits per heavy atom. The Bertz CT molecular complexity index is 964. The van der Waals surface area contributed by atoms with Gasteiger partial charge >= 0.3 is 0 Å². The number of nitrogens with one attached hydrogen (secondary N) is 1. The van der Waals surface area contributed by atoms with E-state index in [1.54, 1.807) is 0 Å². The number of aromatic nitrogens is 4. The van der Waals surface area contributed by atoms with Gasteiger partial charge in [-0.05, 0) is 44.0 Å². The highest BCUT2D eigenvalue weighted by Crippen LogP contribution is 2.33. The largest absolute Gasteiger partial charge is 0.492 e. The lowest BCUT2D eigenvalue weighted by Gasteiger charge is -2.22. The molecule has 0 spiro atoms. The zero-order chi connectivity index (χ0) is 20.8. The van der Waals surface area contributed by atoms with E-state index in [1.807, 2.05) is 65.1 Å². The van der Waals surface area contributed by atoms with Gasteiger partial charge in [0.25, 0.3) is 0 Å². The van der Waals surface area contributed by atoms with Crippen LogP contribution in [0.15, 0.2) is 53.9 Å². The smallest absolute Gasteiger partial charge is 0.234 e. The van der Waals surface area contributed by atoms with Gasteiger partial charge in [0.2, 0.25) is 11.1 Å². The van der Waals surface area contributed by atoms with Crippen LogP contribution in [0.2, 0.25) is 0 Å². The fourth-order valence-corrected chi connectivity index (χ4v) is 4.57. The Morgan fingerprint density at radius 2 is 1.90 bits per heavy atom. The Morgan fingerprint density at radius 1 is 1.13 bits per heavy atom. The molecule has 1 aromatic carbocycles. The van der Waals surface area contributed by atoms with Crippen LogP contribution in [-0.2, 0) is 4.79 Å². The minimum absolute atomic E-state index is 0.103. The molecule has 1 N–H and O–H groups in total. The number of para-hydroxylation sites is 2. The second-order valence-electron chi connectivity index (χ2n) is 7.32. The highest BCUT2D eigenvalue weighted by atomic mass is 32.2. The van der Waals surface area contributed by atoms with Crippen molar-refractivity contribution in [3.63, 3.8) is 0 Å². The molecule has 0 saturated heterocycles. The van der Waals surface area contributed by atoms with Crippen LogP contribution in [0.5, 0.6) is 5.75 Å². The van der Waals surface area contributed by atoms with Crippen molar-refractivity contribution in [3.05, 3.63) is 54.6 Å². The molecule has 0 radical (unpaired) electrons. The number of carbonyl (C=O) groups excluding carboxylic acids is 1. The molecule has 7 nitrogen and oxygen atoms in total. The predicted molar refractivity (Wildman–Crippen MR) is 118 cm³/mol. The molecule has 2 aromatic heterocycles. The van der Waals surface area contributed by atoms with Gasteiger partial charge in [0.05, 0.1) is 18.0 Å². The molecule has 3 aromatic rings. The number of thioether (sulfide) groups is 1. The summed E-state index contributed by atoms with van der Waals surface area (Å²) in [5, 5.41) is 12.6. The normalized spacial score (nSPS) is 14.6. The Labute approximate surface area is 180 Å². The Balaban J connectivity index is 1.48. The summed E-state index contributed by atoms with van der Waals surface area (Å²) >= 11 is 1.39. The minimum Gasteiger partial charge on any atom is -0.492 e. The van der Waals surface area contributed by atoms with E-state index >= 15 is 0 Å². The molecule has 1 amide bonds. The summed E-state index contributed by atoms with van der Waals surface area (Å²) in [6, 6.07) is 11.4. The molecular formula is C22H27N5O2S. The maximum Gasteiger partial charge on any atom is 0.234 e. The second-order valence-corrected chi connectivity index (χ2v) is 8.26. The van der Waals surface area contributed by atoms with Gasteiger partial charge in [0.1, 0.15) is 5.75 Å². The number of benzene rings is 1. The molecule has 2 heterocycles. The van der Waals surface area contributed by atoms with E-state index in [0.717, 1.165) is 23.8 Å². The van der Waals surface area contributed by atoms with Crippen LogP contribution in [0.1, 0.15) is 50.8 Å². The van der Waals surface area contributed by atoms with Gasteiger partial charge in [0, 0.05) is 18.3 Å². The van der Waals surface area contributed by atoms with Crippen molar-refractivity contribution in [2.24, 2.45) is 0 Å². The van der Waals surface area contributed by atoms with Crippen LogP contribution in [-0.4, -0.2) is 37.8 Å². The SMILES string of the molecule is CCOc1ccccc1NC(=O)CSc1nnc(C2CCCCC2)n1-n1cccc1. The van der Waals surface area contributed by atoms with Crippen LogP contribution in [0, 0.1) is 0 Å². The molecule has 0 aliphatic heterocycles. The maximum absolute atomic E-state index is 12.6. The van der Waals surface area contributed by atoms with Crippen molar-refractivity contribution in [1.29, 1.82) is 0 Å². The third-order valence-electron chi connectivity index (χ3n) is 5.22. The number of amides is 1. The first-order valence-electron chi connectivity index (χ1n) is 10.5. The number of hydrogen-bond acceptors (Lipinski definition) is 5. The number of rotatable bonds is 8. The lowest BCUT2D eigenvalue weighted by molar-refractivity contribution is -0.113. The molecule has 8 heteroatoms. The quantitative estimate of drug-likeness (QED) is 0.535. The van der Waals surface area contributed by atoms with Gasteiger partial charge in [-0.25, -0.2) is 4.68 Å². The van der Waals surface area contributed by atoms with Crippen LogP contribution in [0.25, 0.3) is 0 Å². The molecule has 30 heavy (non-hydrogen) atoms. The standard InChI is InChI=1S/C22H27N5O2S/c1-2-29-19-13-7-6-12-18(19)23-20(28)16-30-22-25-24-21(17-10-4-3-5-11-17)27(22)26-14-8-9-15-26/h6-9,12-15,17H,2-5,10-11,16H2,1H3,(H,23,28). The summed E-state index contributed by atoms with van der Waals surface area (Å²) < 4.78 is 9.63. The third kappa shape index (κ3) is 4.70. The fraction of sp³-hybridized carbons (Fsp3) is 0.409. The van der Waals surface area contributed by atoms with E-state index in [1.165, 1.54) is 31.0 Å². The zero-order valence-corrected chi connectivity index (χ0v) is 18.0. The average Bonchev–Trinajstić information content (AvgIpc) is 3.44. The first-order valence-corrected chi connectivity index (χ1v) is 11.5. The van der Waals surface area contributed by atoms with Gasteiger partial charge in [-0.2, -0.15) is 0 Å². The molecule has 1 saturated carbocycles. The highest BCUT2D eigenvalue weighted by Gasteiger charge is 2.24. The summed E-state index contributed by atoms with van der Waals surface area (Å²) in [6.45, 7) is 2.47. The minimum atomic E-state index is -0.103. The van der Waals surface area contributed by atoms with E-state index in [4.69, 9.17) is 4.74 Å². The highest BCUT2D eigenvalue weighted by molar-refractivity contribution is 7.99. The van der Waals surface area contributed by atoms with Crippen LogP contribution >= 0.6 is 11.8 Å². The van der Waals surface area contributed by atoms with Crippen molar-refractivity contribution in [2.45, 2.75) is 50.1 Å². The number of nitrogens with zero attached hydrogens (tertiary/aromatic N) is 4. The molecule has 1 fully saturated rings. The van der Waals surface area contributed by atoms with E-state index in [0.29, 0.717) is 24.0 Å². The van der Waals surface area contributed by atoms with Crippen molar-refractivity contribution in [1.82, 2.24) is 19.5 Å². The summed E-state index contributed by atoms with van der Waals surface area (Å²) in [5.41, 5.74) is 0.680. The van der Waals surface area contributed by atoms with Crippen molar-refractivity contribution in [2.75, 3.05) is 17.7 Å². The number of anilines is 1. The van der Waals surface area contributed by atoms with E-state index in [9.17, 15) is 4.79 Å². The molecule has 4 rings (SSSR count). The van der Waals surface area contributed by atoms with Crippen molar-refractivity contribution in [3.8, 4) is 5.75 Å². The topological polar surface area (TPSA) is 74.0 Å². The molecule has 0 atom stereocenters. The van der Waals surface area contributed by atoms with E-state index < -0.39 is 0 Å². The summed E-state index contributed by atoms with van der Waals surface area (Å²) in [6.07, 6.45) is 9.99.